The van der Waals surface area contributed by atoms with Crippen LogP contribution in [0.4, 0.5) is 4.79 Å². The van der Waals surface area contributed by atoms with Crippen molar-refractivity contribution in [3.05, 3.63) is 35.4 Å². The number of benzene rings is 1. The fraction of sp³-hybridized carbons (Fsp3) is 0.467. The van der Waals surface area contributed by atoms with Crippen molar-refractivity contribution in [3.8, 4) is 0 Å². The molecule has 1 aromatic carbocycles. The van der Waals surface area contributed by atoms with Gasteiger partial charge in [-0.15, -0.1) is 0 Å². The number of hydrogen-bond acceptors (Lipinski definition) is 2. The van der Waals surface area contributed by atoms with Gasteiger partial charge in [-0.2, -0.15) is 0 Å². The lowest BCUT2D eigenvalue weighted by molar-refractivity contribution is -0.130. The van der Waals surface area contributed by atoms with Gasteiger partial charge in [0.25, 0.3) is 0 Å². The Morgan fingerprint density at radius 2 is 1.80 bits per heavy atom. The Kier molecular flexibility index (Phi) is 4.61. The Morgan fingerprint density at radius 3 is 2.40 bits per heavy atom. The number of carbonyl (C=O) groups excluding carboxylic acids is 2. The molecule has 0 atom stereocenters. The van der Waals surface area contributed by atoms with Gasteiger partial charge in [-0.05, 0) is 12.5 Å². The van der Waals surface area contributed by atoms with Crippen LogP contribution in [0.3, 0.4) is 0 Å². The maximum absolute atomic E-state index is 12.0. The number of piperazine rings is 1. The standard InChI is InChI=1S/C15H21N3O2/c1-12-4-3-5-14(10-12)11-16-15(20)18-8-6-17(7-9-18)13(2)19/h3-5,10H,6-9,11H2,1-2H3,(H,16,20). The van der Waals surface area contributed by atoms with Gasteiger partial charge in [0.15, 0.2) is 0 Å². The van der Waals surface area contributed by atoms with Crippen LogP contribution < -0.4 is 5.32 Å². The predicted molar refractivity (Wildman–Crippen MR) is 77.2 cm³/mol. The van der Waals surface area contributed by atoms with E-state index < -0.39 is 0 Å². The van der Waals surface area contributed by atoms with Gasteiger partial charge < -0.3 is 15.1 Å². The molecule has 0 spiro atoms. The Bertz CT molecular complexity index is 494. The molecule has 108 valence electrons. The molecule has 3 amide bonds. The molecule has 2 rings (SSSR count). The van der Waals surface area contributed by atoms with E-state index in [-0.39, 0.29) is 11.9 Å². The summed E-state index contributed by atoms with van der Waals surface area (Å²) in [5.74, 6) is 0.0739. The molecule has 0 bridgehead atoms. The lowest BCUT2D eigenvalue weighted by atomic mass is 10.1. The lowest BCUT2D eigenvalue weighted by Crippen LogP contribution is -2.52. The summed E-state index contributed by atoms with van der Waals surface area (Å²) in [5.41, 5.74) is 2.28. The first-order valence-corrected chi connectivity index (χ1v) is 6.90. The molecule has 1 heterocycles. The smallest absolute Gasteiger partial charge is 0.317 e. The summed E-state index contributed by atoms with van der Waals surface area (Å²) < 4.78 is 0. The van der Waals surface area contributed by atoms with E-state index in [1.165, 1.54) is 5.56 Å². The monoisotopic (exact) mass is 275 g/mol. The zero-order valence-corrected chi connectivity index (χ0v) is 12.1. The first kappa shape index (κ1) is 14.4. The quantitative estimate of drug-likeness (QED) is 0.886. The van der Waals surface area contributed by atoms with E-state index >= 15 is 0 Å². The second kappa shape index (κ2) is 6.41. The summed E-state index contributed by atoms with van der Waals surface area (Å²) in [6.45, 7) is 6.56. The topological polar surface area (TPSA) is 52.7 Å². The van der Waals surface area contributed by atoms with Crippen molar-refractivity contribution in [2.24, 2.45) is 0 Å². The van der Waals surface area contributed by atoms with Crippen molar-refractivity contribution < 1.29 is 9.59 Å². The molecule has 1 N–H and O–H groups in total. The summed E-state index contributed by atoms with van der Waals surface area (Å²) in [7, 11) is 0. The molecule has 1 aromatic rings. The van der Waals surface area contributed by atoms with Crippen LogP contribution in [0.15, 0.2) is 24.3 Å². The molecule has 5 heteroatoms. The Labute approximate surface area is 119 Å². The van der Waals surface area contributed by atoms with Crippen molar-refractivity contribution in [1.29, 1.82) is 0 Å². The van der Waals surface area contributed by atoms with Gasteiger partial charge in [0, 0.05) is 39.6 Å². The molecule has 1 aliphatic rings. The van der Waals surface area contributed by atoms with Crippen LogP contribution in [0.5, 0.6) is 0 Å². The molecular weight excluding hydrogens is 254 g/mol. The SMILES string of the molecule is CC(=O)N1CCN(C(=O)NCc2cccc(C)c2)CC1. The van der Waals surface area contributed by atoms with Gasteiger partial charge in [-0.25, -0.2) is 4.79 Å². The Balaban J connectivity index is 1.80. The van der Waals surface area contributed by atoms with Crippen molar-refractivity contribution >= 4 is 11.9 Å². The van der Waals surface area contributed by atoms with Crippen molar-refractivity contribution in [2.45, 2.75) is 20.4 Å². The Hall–Kier alpha value is -2.04. The zero-order chi connectivity index (χ0) is 14.5. The maximum atomic E-state index is 12.0. The third kappa shape index (κ3) is 3.73. The number of aryl methyl sites for hydroxylation is 1. The van der Waals surface area contributed by atoms with E-state index in [9.17, 15) is 9.59 Å². The highest BCUT2D eigenvalue weighted by molar-refractivity contribution is 5.76. The molecule has 0 saturated carbocycles. The maximum Gasteiger partial charge on any atom is 0.317 e. The molecule has 0 radical (unpaired) electrons. The highest BCUT2D eigenvalue weighted by Crippen LogP contribution is 2.05. The van der Waals surface area contributed by atoms with Crippen LogP contribution in [0, 0.1) is 6.92 Å². The minimum atomic E-state index is -0.0605. The normalized spacial score (nSPS) is 15.1. The highest BCUT2D eigenvalue weighted by atomic mass is 16.2. The largest absolute Gasteiger partial charge is 0.339 e. The lowest BCUT2D eigenvalue weighted by Gasteiger charge is -2.34. The minimum Gasteiger partial charge on any atom is -0.339 e. The van der Waals surface area contributed by atoms with Crippen LogP contribution in [-0.2, 0) is 11.3 Å². The van der Waals surface area contributed by atoms with Crippen LogP contribution in [0.1, 0.15) is 18.1 Å². The third-order valence-corrected chi connectivity index (χ3v) is 3.54. The van der Waals surface area contributed by atoms with Gasteiger partial charge in [0.1, 0.15) is 0 Å². The highest BCUT2D eigenvalue weighted by Gasteiger charge is 2.21. The first-order chi connectivity index (χ1) is 9.56. The number of carbonyl (C=O) groups is 2. The van der Waals surface area contributed by atoms with E-state index in [1.54, 1.807) is 16.7 Å². The van der Waals surface area contributed by atoms with E-state index in [1.807, 2.05) is 25.1 Å². The summed E-state index contributed by atoms with van der Waals surface area (Å²) in [4.78, 5) is 26.8. The van der Waals surface area contributed by atoms with Gasteiger partial charge in [-0.3, -0.25) is 4.79 Å². The molecule has 5 nitrogen and oxygen atoms in total. The number of rotatable bonds is 2. The number of urea groups is 1. The molecule has 20 heavy (non-hydrogen) atoms. The van der Waals surface area contributed by atoms with Crippen LogP contribution >= 0.6 is 0 Å². The summed E-state index contributed by atoms with van der Waals surface area (Å²) >= 11 is 0. The fourth-order valence-electron chi connectivity index (χ4n) is 2.34. The van der Waals surface area contributed by atoms with E-state index in [0.29, 0.717) is 32.7 Å². The van der Waals surface area contributed by atoms with Gasteiger partial charge in [0.2, 0.25) is 5.91 Å². The second-order valence-electron chi connectivity index (χ2n) is 5.14. The van der Waals surface area contributed by atoms with E-state index in [0.717, 1.165) is 5.56 Å². The molecule has 1 fully saturated rings. The van der Waals surface area contributed by atoms with Crippen molar-refractivity contribution in [1.82, 2.24) is 15.1 Å². The van der Waals surface area contributed by atoms with Gasteiger partial charge in [-0.1, -0.05) is 29.8 Å². The van der Waals surface area contributed by atoms with Crippen molar-refractivity contribution in [3.63, 3.8) is 0 Å². The molecule has 0 unspecified atom stereocenters. The third-order valence-electron chi connectivity index (χ3n) is 3.54. The van der Waals surface area contributed by atoms with Crippen LogP contribution in [0.25, 0.3) is 0 Å². The van der Waals surface area contributed by atoms with Gasteiger partial charge in [0.05, 0.1) is 0 Å². The fourth-order valence-corrected chi connectivity index (χ4v) is 2.34. The summed E-state index contributed by atoms with van der Waals surface area (Å²) in [6, 6.07) is 8.03. The average molecular weight is 275 g/mol. The van der Waals surface area contributed by atoms with E-state index in [4.69, 9.17) is 0 Å². The molecule has 1 saturated heterocycles. The second-order valence-corrected chi connectivity index (χ2v) is 5.14. The molecule has 1 aliphatic heterocycles. The summed E-state index contributed by atoms with van der Waals surface area (Å²) in [6.07, 6.45) is 0. The molecule has 0 aromatic heterocycles. The number of hydrogen-bond donors (Lipinski definition) is 1. The molecule has 0 aliphatic carbocycles. The number of nitrogens with zero attached hydrogens (tertiary/aromatic N) is 2. The van der Waals surface area contributed by atoms with Crippen molar-refractivity contribution in [2.75, 3.05) is 26.2 Å². The minimum absolute atomic E-state index is 0.0605. The number of nitrogens with one attached hydrogen (secondary N) is 1. The van der Waals surface area contributed by atoms with E-state index in [2.05, 4.69) is 11.4 Å². The first-order valence-electron chi connectivity index (χ1n) is 6.90. The Morgan fingerprint density at radius 1 is 1.15 bits per heavy atom. The molecular formula is C15H21N3O2. The van der Waals surface area contributed by atoms with Crippen LogP contribution in [-0.4, -0.2) is 47.9 Å². The summed E-state index contributed by atoms with van der Waals surface area (Å²) in [5, 5.41) is 2.92. The zero-order valence-electron chi connectivity index (χ0n) is 12.1. The average Bonchev–Trinajstić information content (AvgIpc) is 2.45. The van der Waals surface area contributed by atoms with Crippen LogP contribution in [0.2, 0.25) is 0 Å². The van der Waals surface area contributed by atoms with Gasteiger partial charge >= 0.3 is 6.03 Å². The predicted octanol–water partition coefficient (Wildman–Crippen LogP) is 1.37. The number of amides is 3.